The normalized spacial score (nSPS) is 11.8. The van der Waals surface area contributed by atoms with E-state index in [-0.39, 0.29) is 4.90 Å². The summed E-state index contributed by atoms with van der Waals surface area (Å²) in [7, 11) is 0. The van der Waals surface area contributed by atoms with E-state index in [0.717, 1.165) is 6.20 Å². The van der Waals surface area contributed by atoms with E-state index >= 15 is 0 Å². The SMILES string of the molecule is FC(F)(F)c1cncc(S)c1Cl. The number of hydrogen-bond acceptors (Lipinski definition) is 2. The first kappa shape index (κ1) is 9.67. The van der Waals surface area contributed by atoms with E-state index in [0.29, 0.717) is 6.20 Å². The highest BCUT2D eigenvalue weighted by molar-refractivity contribution is 7.80. The molecule has 0 aliphatic carbocycles. The number of pyridine rings is 1. The summed E-state index contributed by atoms with van der Waals surface area (Å²) in [6.45, 7) is 0. The Hall–Kier alpha value is -0.420. The Morgan fingerprint density at radius 3 is 2.33 bits per heavy atom. The maximum absolute atomic E-state index is 12.1. The summed E-state index contributed by atoms with van der Waals surface area (Å²) in [5.74, 6) is 0. The molecule has 0 amide bonds. The Balaban J connectivity index is 3.26. The lowest BCUT2D eigenvalue weighted by atomic mass is 10.3. The van der Waals surface area contributed by atoms with Gasteiger partial charge in [-0.25, -0.2) is 0 Å². The van der Waals surface area contributed by atoms with Crippen LogP contribution in [0.25, 0.3) is 0 Å². The van der Waals surface area contributed by atoms with Crippen LogP contribution in [0.1, 0.15) is 5.56 Å². The van der Waals surface area contributed by atoms with Crippen molar-refractivity contribution in [1.29, 1.82) is 0 Å². The molecule has 1 nitrogen and oxygen atoms in total. The molecule has 6 heteroatoms. The summed E-state index contributed by atoms with van der Waals surface area (Å²) < 4.78 is 36.2. The van der Waals surface area contributed by atoms with E-state index < -0.39 is 16.8 Å². The molecule has 0 aliphatic heterocycles. The van der Waals surface area contributed by atoms with Crippen LogP contribution in [0.2, 0.25) is 5.02 Å². The van der Waals surface area contributed by atoms with Crippen molar-refractivity contribution in [3.63, 3.8) is 0 Å². The van der Waals surface area contributed by atoms with E-state index in [1.807, 2.05) is 0 Å². The third kappa shape index (κ3) is 1.84. The lowest BCUT2D eigenvalue weighted by Gasteiger charge is -2.08. The van der Waals surface area contributed by atoms with Gasteiger partial charge in [-0.1, -0.05) is 11.6 Å². The van der Waals surface area contributed by atoms with Crippen molar-refractivity contribution in [1.82, 2.24) is 4.98 Å². The summed E-state index contributed by atoms with van der Waals surface area (Å²) in [5, 5.41) is -0.416. The molecule has 1 rings (SSSR count). The fraction of sp³-hybridized carbons (Fsp3) is 0.167. The predicted molar refractivity (Wildman–Crippen MR) is 41.5 cm³/mol. The summed E-state index contributed by atoms with van der Waals surface area (Å²) in [4.78, 5) is 3.35. The van der Waals surface area contributed by atoms with E-state index in [2.05, 4.69) is 17.6 Å². The van der Waals surface area contributed by atoms with Crippen LogP contribution in [0.3, 0.4) is 0 Å². The van der Waals surface area contributed by atoms with Crippen molar-refractivity contribution >= 4 is 24.2 Å². The van der Waals surface area contributed by atoms with Crippen LogP contribution in [-0.2, 0) is 6.18 Å². The molecule has 0 saturated carbocycles. The molecule has 1 aromatic heterocycles. The van der Waals surface area contributed by atoms with Gasteiger partial charge in [0, 0.05) is 17.3 Å². The number of nitrogens with zero attached hydrogens (tertiary/aromatic N) is 1. The van der Waals surface area contributed by atoms with Crippen molar-refractivity contribution in [3.8, 4) is 0 Å². The number of thiol groups is 1. The van der Waals surface area contributed by atoms with E-state index in [1.165, 1.54) is 0 Å². The van der Waals surface area contributed by atoms with Gasteiger partial charge in [-0.15, -0.1) is 12.6 Å². The van der Waals surface area contributed by atoms with Crippen LogP contribution < -0.4 is 0 Å². The Morgan fingerprint density at radius 1 is 1.33 bits per heavy atom. The zero-order chi connectivity index (χ0) is 9.35. The van der Waals surface area contributed by atoms with Gasteiger partial charge in [0.2, 0.25) is 0 Å². The van der Waals surface area contributed by atoms with Crippen molar-refractivity contribution in [2.24, 2.45) is 0 Å². The average Bonchev–Trinajstić information content (AvgIpc) is 1.92. The van der Waals surface area contributed by atoms with Gasteiger partial charge >= 0.3 is 6.18 Å². The molecule has 0 unspecified atom stereocenters. The number of rotatable bonds is 0. The van der Waals surface area contributed by atoms with Crippen LogP contribution in [0.5, 0.6) is 0 Å². The molecule has 0 radical (unpaired) electrons. The topological polar surface area (TPSA) is 12.9 Å². The molecule has 0 fully saturated rings. The van der Waals surface area contributed by atoms with Crippen molar-refractivity contribution < 1.29 is 13.2 Å². The highest BCUT2D eigenvalue weighted by Gasteiger charge is 2.34. The maximum Gasteiger partial charge on any atom is 0.419 e. The molecule has 12 heavy (non-hydrogen) atoms. The quantitative estimate of drug-likeness (QED) is 0.654. The number of aromatic nitrogens is 1. The second-order valence-corrected chi connectivity index (χ2v) is 2.88. The zero-order valence-corrected chi connectivity index (χ0v) is 7.21. The molecule has 1 aromatic rings. The van der Waals surface area contributed by atoms with Crippen molar-refractivity contribution in [2.45, 2.75) is 11.1 Å². The number of hydrogen-bond donors (Lipinski definition) is 1. The highest BCUT2D eigenvalue weighted by atomic mass is 35.5. The monoisotopic (exact) mass is 213 g/mol. The van der Waals surface area contributed by atoms with E-state index in [1.54, 1.807) is 0 Å². The van der Waals surface area contributed by atoms with Gasteiger partial charge in [0.25, 0.3) is 0 Å². The van der Waals surface area contributed by atoms with E-state index in [4.69, 9.17) is 11.6 Å². The predicted octanol–water partition coefficient (Wildman–Crippen LogP) is 3.04. The van der Waals surface area contributed by atoms with Gasteiger partial charge in [-0.05, 0) is 0 Å². The first-order chi connectivity index (χ1) is 5.43. The lowest BCUT2D eigenvalue weighted by molar-refractivity contribution is -0.137. The summed E-state index contributed by atoms with van der Waals surface area (Å²) >= 11 is 9.05. The second-order valence-electron chi connectivity index (χ2n) is 2.02. The molecule has 0 saturated heterocycles. The molecular formula is C6H3ClF3NS. The van der Waals surface area contributed by atoms with Crippen molar-refractivity contribution in [2.75, 3.05) is 0 Å². The van der Waals surface area contributed by atoms with Gasteiger partial charge in [0.15, 0.2) is 0 Å². The fourth-order valence-electron chi connectivity index (χ4n) is 0.631. The molecule has 0 spiro atoms. The van der Waals surface area contributed by atoms with Gasteiger partial charge in [0.05, 0.1) is 10.6 Å². The van der Waals surface area contributed by atoms with Gasteiger partial charge in [-0.3, -0.25) is 4.98 Å². The fourth-order valence-corrected chi connectivity index (χ4v) is 1.02. The van der Waals surface area contributed by atoms with Crippen LogP contribution >= 0.6 is 24.2 Å². The largest absolute Gasteiger partial charge is 0.419 e. The van der Waals surface area contributed by atoms with Crippen molar-refractivity contribution in [3.05, 3.63) is 23.0 Å². The second kappa shape index (κ2) is 3.14. The van der Waals surface area contributed by atoms with Crippen LogP contribution in [0.15, 0.2) is 17.3 Å². The molecule has 0 bridgehead atoms. The molecule has 0 aromatic carbocycles. The Bertz CT molecular complexity index is 299. The van der Waals surface area contributed by atoms with Crippen LogP contribution in [-0.4, -0.2) is 4.98 Å². The summed E-state index contributed by atoms with van der Waals surface area (Å²) in [5.41, 5.74) is -0.961. The summed E-state index contributed by atoms with van der Waals surface area (Å²) in [6.07, 6.45) is -2.65. The molecule has 0 N–H and O–H groups in total. The van der Waals surface area contributed by atoms with Gasteiger partial charge < -0.3 is 0 Å². The smallest absolute Gasteiger partial charge is 0.263 e. The van der Waals surface area contributed by atoms with Crippen LogP contribution in [0.4, 0.5) is 13.2 Å². The lowest BCUT2D eigenvalue weighted by Crippen LogP contribution is -2.06. The Labute approximate surface area is 77.0 Å². The minimum absolute atomic E-state index is 0.0199. The molecule has 0 atom stereocenters. The van der Waals surface area contributed by atoms with Gasteiger partial charge in [-0.2, -0.15) is 13.2 Å². The zero-order valence-electron chi connectivity index (χ0n) is 5.56. The first-order valence-electron chi connectivity index (χ1n) is 2.82. The van der Waals surface area contributed by atoms with Crippen LogP contribution in [0, 0.1) is 0 Å². The third-order valence-electron chi connectivity index (χ3n) is 1.17. The Kier molecular flexibility index (Phi) is 2.53. The average molecular weight is 214 g/mol. The molecule has 0 aliphatic rings. The first-order valence-corrected chi connectivity index (χ1v) is 3.65. The highest BCUT2D eigenvalue weighted by Crippen LogP contribution is 2.36. The third-order valence-corrected chi connectivity index (χ3v) is 2.05. The molecule has 1 heterocycles. The number of alkyl halides is 3. The standard InChI is InChI=1S/C6H3ClF3NS/c7-5-3(6(8,9)10)1-11-2-4(5)12/h1-2,12H. The molecular weight excluding hydrogens is 211 g/mol. The minimum Gasteiger partial charge on any atom is -0.263 e. The summed E-state index contributed by atoms with van der Waals surface area (Å²) in [6, 6.07) is 0. The van der Waals surface area contributed by atoms with Gasteiger partial charge in [0.1, 0.15) is 0 Å². The minimum atomic E-state index is -4.47. The van der Waals surface area contributed by atoms with E-state index in [9.17, 15) is 13.2 Å². The Morgan fingerprint density at radius 2 is 1.92 bits per heavy atom. The number of halogens is 4. The maximum atomic E-state index is 12.1. The molecule has 66 valence electrons.